The normalized spacial score (nSPS) is 10.1. The molecule has 0 fully saturated rings. The molecule has 0 radical (unpaired) electrons. The van der Waals surface area contributed by atoms with E-state index in [2.05, 4.69) is 4.74 Å². The first-order valence-electron chi connectivity index (χ1n) is 4.70. The zero-order chi connectivity index (χ0) is 11.2. The SMILES string of the molecule is CCCC(=O)OCOC(=O)C(C)(C)C.[H-].[Na+]. The van der Waals surface area contributed by atoms with Crippen LogP contribution >= 0.6 is 0 Å². The molecule has 0 aliphatic heterocycles. The number of hydrogen-bond donors (Lipinski definition) is 0. The summed E-state index contributed by atoms with van der Waals surface area (Å²) in [5, 5.41) is 0. The molecule has 0 saturated heterocycles. The summed E-state index contributed by atoms with van der Waals surface area (Å²) in [5.74, 6) is -0.712. The van der Waals surface area contributed by atoms with E-state index in [1.807, 2.05) is 6.92 Å². The molecule has 0 atom stereocenters. The van der Waals surface area contributed by atoms with E-state index < -0.39 is 5.41 Å². The van der Waals surface area contributed by atoms with Crippen LogP contribution < -0.4 is 29.6 Å². The Morgan fingerprint density at radius 2 is 1.73 bits per heavy atom. The van der Waals surface area contributed by atoms with Gasteiger partial charge < -0.3 is 10.9 Å². The van der Waals surface area contributed by atoms with Gasteiger partial charge in [-0.1, -0.05) is 6.92 Å². The third kappa shape index (κ3) is 8.90. The summed E-state index contributed by atoms with van der Waals surface area (Å²) in [4.78, 5) is 22.1. The van der Waals surface area contributed by atoms with Gasteiger partial charge in [0.25, 0.3) is 0 Å². The number of carbonyl (C=O) groups excluding carboxylic acids is 2. The fourth-order valence-electron chi connectivity index (χ4n) is 0.642. The molecule has 0 saturated carbocycles. The van der Waals surface area contributed by atoms with Crippen molar-refractivity contribution in [2.75, 3.05) is 6.79 Å². The van der Waals surface area contributed by atoms with E-state index in [-0.39, 0.29) is 49.7 Å². The topological polar surface area (TPSA) is 52.6 Å². The van der Waals surface area contributed by atoms with Crippen molar-refractivity contribution >= 4 is 11.9 Å². The van der Waals surface area contributed by atoms with Crippen LogP contribution in [-0.2, 0) is 19.1 Å². The zero-order valence-corrected chi connectivity index (χ0v) is 12.3. The van der Waals surface area contributed by atoms with E-state index in [1.165, 1.54) is 0 Å². The molecule has 0 unspecified atom stereocenters. The standard InChI is InChI=1S/C10H18O4.Na.H/c1-5-6-8(11)13-7-14-9(12)10(2,3)4;;/h5-7H2,1-4H3;;/q;+1;-1. The fourth-order valence-corrected chi connectivity index (χ4v) is 0.642. The van der Waals surface area contributed by atoms with Crippen molar-refractivity contribution in [3.05, 3.63) is 0 Å². The number of carbonyl (C=O) groups is 2. The predicted molar refractivity (Wildman–Crippen MR) is 52.5 cm³/mol. The van der Waals surface area contributed by atoms with Crippen LogP contribution in [0.15, 0.2) is 0 Å². The van der Waals surface area contributed by atoms with E-state index in [9.17, 15) is 9.59 Å². The van der Waals surface area contributed by atoms with Gasteiger partial charge in [0.05, 0.1) is 5.41 Å². The monoisotopic (exact) mass is 226 g/mol. The molecule has 0 bridgehead atoms. The van der Waals surface area contributed by atoms with Crippen molar-refractivity contribution < 1.29 is 50.0 Å². The summed E-state index contributed by atoms with van der Waals surface area (Å²) in [6.45, 7) is 6.81. The quantitative estimate of drug-likeness (QED) is 0.350. The van der Waals surface area contributed by atoms with Gasteiger partial charge in [-0.2, -0.15) is 0 Å². The molecule has 0 heterocycles. The summed E-state index contributed by atoms with van der Waals surface area (Å²) >= 11 is 0. The Kier molecular flexibility index (Phi) is 9.40. The van der Waals surface area contributed by atoms with Gasteiger partial charge in [-0.25, -0.2) is 0 Å². The van der Waals surface area contributed by atoms with Crippen LogP contribution in [0.3, 0.4) is 0 Å². The van der Waals surface area contributed by atoms with Gasteiger partial charge in [0, 0.05) is 6.42 Å². The van der Waals surface area contributed by atoms with Crippen LogP contribution in [0.25, 0.3) is 0 Å². The van der Waals surface area contributed by atoms with Crippen molar-refractivity contribution in [3.63, 3.8) is 0 Å². The molecule has 0 aromatic carbocycles. The summed E-state index contributed by atoms with van der Waals surface area (Å²) in [5.41, 5.74) is -0.558. The second-order valence-electron chi connectivity index (χ2n) is 4.07. The molecule has 0 amide bonds. The molecule has 84 valence electrons. The van der Waals surface area contributed by atoms with E-state index in [1.54, 1.807) is 20.8 Å². The molecule has 0 aliphatic carbocycles. The van der Waals surface area contributed by atoms with Gasteiger partial charge in [-0.3, -0.25) is 9.59 Å². The third-order valence-corrected chi connectivity index (χ3v) is 1.48. The van der Waals surface area contributed by atoms with Crippen molar-refractivity contribution in [2.45, 2.75) is 40.5 Å². The molecular weight excluding hydrogens is 207 g/mol. The van der Waals surface area contributed by atoms with Crippen LogP contribution in [0.2, 0.25) is 0 Å². The number of rotatable bonds is 4. The van der Waals surface area contributed by atoms with Gasteiger partial charge in [0.2, 0.25) is 6.79 Å². The first-order chi connectivity index (χ1) is 6.38. The fraction of sp³-hybridized carbons (Fsp3) is 0.800. The summed E-state index contributed by atoms with van der Waals surface area (Å²) < 4.78 is 9.41. The minimum atomic E-state index is -0.558. The Labute approximate surface area is 114 Å². The Bertz CT molecular complexity index is 213. The van der Waals surface area contributed by atoms with Crippen LogP contribution in [0.5, 0.6) is 0 Å². The molecule has 15 heavy (non-hydrogen) atoms. The van der Waals surface area contributed by atoms with Gasteiger partial charge in [0.15, 0.2) is 0 Å². The van der Waals surface area contributed by atoms with Gasteiger partial charge in [0.1, 0.15) is 0 Å². The average Bonchev–Trinajstić information content (AvgIpc) is 2.02. The van der Waals surface area contributed by atoms with E-state index >= 15 is 0 Å². The average molecular weight is 226 g/mol. The molecule has 0 spiro atoms. The summed E-state index contributed by atoms with van der Waals surface area (Å²) in [6, 6.07) is 0. The zero-order valence-electron chi connectivity index (χ0n) is 11.3. The molecule has 0 N–H and O–H groups in total. The number of esters is 2. The minimum absolute atomic E-state index is 0. The summed E-state index contributed by atoms with van der Waals surface area (Å²) in [7, 11) is 0. The largest absolute Gasteiger partial charge is 1.00 e. The first kappa shape index (κ1) is 17.3. The smallest absolute Gasteiger partial charge is 1.00 e. The molecule has 0 aliphatic rings. The maximum atomic E-state index is 11.2. The van der Waals surface area contributed by atoms with Crippen LogP contribution in [-0.4, -0.2) is 18.7 Å². The maximum Gasteiger partial charge on any atom is 1.00 e. The van der Waals surface area contributed by atoms with Crippen LogP contribution in [0.1, 0.15) is 42.0 Å². The van der Waals surface area contributed by atoms with Crippen molar-refractivity contribution in [3.8, 4) is 0 Å². The maximum absolute atomic E-state index is 11.2. The molecule has 5 heteroatoms. The third-order valence-electron chi connectivity index (χ3n) is 1.48. The molecule has 4 nitrogen and oxygen atoms in total. The Morgan fingerprint density at radius 1 is 1.20 bits per heavy atom. The predicted octanol–water partition coefficient (Wildman–Crippen LogP) is -1.01. The summed E-state index contributed by atoms with van der Waals surface area (Å²) in [6.07, 6.45) is 1.08. The molecule has 0 aromatic heterocycles. The Hall–Kier alpha value is -0.0600. The van der Waals surface area contributed by atoms with Crippen molar-refractivity contribution in [1.82, 2.24) is 0 Å². The first-order valence-corrected chi connectivity index (χ1v) is 4.70. The van der Waals surface area contributed by atoms with Crippen LogP contribution in [0, 0.1) is 5.41 Å². The Balaban J connectivity index is -0.000000845. The van der Waals surface area contributed by atoms with E-state index in [0.717, 1.165) is 6.42 Å². The van der Waals surface area contributed by atoms with Crippen molar-refractivity contribution in [1.29, 1.82) is 0 Å². The van der Waals surface area contributed by atoms with E-state index in [4.69, 9.17) is 4.74 Å². The van der Waals surface area contributed by atoms with Crippen molar-refractivity contribution in [2.24, 2.45) is 5.41 Å². The number of hydrogen-bond acceptors (Lipinski definition) is 4. The minimum Gasteiger partial charge on any atom is -1.00 e. The van der Waals surface area contributed by atoms with Gasteiger partial charge in [-0.05, 0) is 27.2 Å². The van der Waals surface area contributed by atoms with Gasteiger partial charge in [-0.15, -0.1) is 0 Å². The Morgan fingerprint density at radius 3 is 2.13 bits per heavy atom. The van der Waals surface area contributed by atoms with Crippen LogP contribution in [0.4, 0.5) is 0 Å². The molecule has 0 aromatic rings. The van der Waals surface area contributed by atoms with Gasteiger partial charge >= 0.3 is 41.5 Å². The number of ether oxygens (including phenoxy) is 2. The molecule has 0 rings (SSSR count). The second kappa shape index (κ2) is 8.13. The second-order valence-corrected chi connectivity index (χ2v) is 4.07. The molecular formula is C10H19NaO4. The van der Waals surface area contributed by atoms with E-state index in [0.29, 0.717) is 6.42 Å².